The first-order valence-electron chi connectivity index (χ1n) is 9.28. The van der Waals surface area contributed by atoms with E-state index in [1.54, 1.807) is 12.1 Å². The number of rotatable bonds is 5. The molecule has 2 unspecified atom stereocenters. The summed E-state index contributed by atoms with van der Waals surface area (Å²) in [5, 5.41) is 0.551. The van der Waals surface area contributed by atoms with Crippen molar-refractivity contribution in [1.29, 1.82) is 0 Å². The van der Waals surface area contributed by atoms with Gasteiger partial charge in [-0.25, -0.2) is 10.4 Å². The maximum atomic E-state index is 12.8. The largest absolute Gasteiger partial charge is 0.277 e. The first-order chi connectivity index (χ1) is 13.7. The molecule has 0 spiro atoms. The molecule has 8 heteroatoms. The highest BCUT2D eigenvalue weighted by Gasteiger charge is 2.34. The van der Waals surface area contributed by atoms with Gasteiger partial charge in [0.15, 0.2) is 0 Å². The van der Waals surface area contributed by atoms with Gasteiger partial charge in [0.05, 0.1) is 22.9 Å². The van der Waals surface area contributed by atoms with Crippen molar-refractivity contribution >= 4 is 22.8 Å². The Morgan fingerprint density at radius 3 is 2.71 bits per heavy atom. The minimum Gasteiger partial charge on any atom is -0.277 e. The molecule has 0 saturated carbocycles. The number of anilines is 1. The molecule has 0 radical (unpaired) electrons. The lowest BCUT2D eigenvalue weighted by Crippen LogP contribution is -2.40. The first-order valence-corrected chi connectivity index (χ1v) is 9.28. The lowest BCUT2D eigenvalue weighted by molar-refractivity contribution is -0.124. The van der Waals surface area contributed by atoms with Crippen LogP contribution < -0.4 is 27.3 Å². The molecule has 4 N–H and O–H groups in total. The summed E-state index contributed by atoms with van der Waals surface area (Å²) in [6.45, 7) is 2.80. The van der Waals surface area contributed by atoms with Crippen LogP contribution in [0.25, 0.3) is 10.9 Å². The summed E-state index contributed by atoms with van der Waals surface area (Å²) in [5.74, 6) is -0.178. The van der Waals surface area contributed by atoms with E-state index in [2.05, 4.69) is 26.7 Å². The van der Waals surface area contributed by atoms with Crippen LogP contribution in [0.1, 0.15) is 18.5 Å². The summed E-state index contributed by atoms with van der Waals surface area (Å²) in [6.07, 6.45) is 0. The highest BCUT2D eigenvalue weighted by molar-refractivity contribution is 5.82. The molecule has 2 atom stereocenters. The third-order valence-corrected chi connectivity index (χ3v) is 4.95. The van der Waals surface area contributed by atoms with Crippen LogP contribution in [0.2, 0.25) is 0 Å². The number of nitrogens with zero attached hydrogens (tertiary/aromatic N) is 2. The predicted octanol–water partition coefficient (Wildman–Crippen LogP) is 1.32. The molecule has 0 bridgehead atoms. The van der Waals surface area contributed by atoms with E-state index in [4.69, 9.17) is 0 Å². The van der Waals surface area contributed by atoms with Crippen LogP contribution in [0.3, 0.4) is 0 Å². The molecule has 1 aromatic heterocycles. The number of hydrazine groups is 2. The van der Waals surface area contributed by atoms with Crippen LogP contribution in [0.5, 0.6) is 0 Å². The molecule has 4 rings (SSSR count). The summed E-state index contributed by atoms with van der Waals surface area (Å²) >= 11 is 0. The van der Waals surface area contributed by atoms with Crippen LogP contribution in [0.4, 0.5) is 5.95 Å². The molecule has 1 saturated heterocycles. The van der Waals surface area contributed by atoms with Gasteiger partial charge in [-0.15, -0.1) is 0 Å². The third-order valence-electron chi connectivity index (χ3n) is 4.95. The van der Waals surface area contributed by atoms with Gasteiger partial charge in [-0.3, -0.25) is 30.4 Å². The second-order valence-corrected chi connectivity index (χ2v) is 6.64. The average molecular weight is 378 g/mol. The van der Waals surface area contributed by atoms with Gasteiger partial charge in [0.25, 0.3) is 5.56 Å². The maximum absolute atomic E-state index is 12.8. The number of aromatic nitrogens is 2. The molecule has 3 aromatic rings. The van der Waals surface area contributed by atoms with E-state index in [9.17, 15) is 9.59 Å². The second-order valence-electron chi connectivity index (χ2n) is 6.64. The minimum atomic E-state index is -0.308. The molecule has 8 nitrogen and oxygen atoms in total. The van der Waals surface area contributed by atoms with E-state index in [0.29, 0.717) is 29.9 Å². The van der Waals surface area contributed by atoms with Gasteiger partial charge in [-0.1, -0.05) is 42.5 Å². The molecular formula is C20H22N6O2. The smallest absolute Gasteiger partial charge is 0.262 e. The summed E-state index contributed by atoms with van der Waals surface area (Å²) in [5.41, 5.74) is 13.2. The summed E-state index contributed by atoms with van der Waals surface area (Å²) in [7, 11) is 0. The lowest BCUT2D eigenvalue weighted by Gasteiger charge is -2.19. The molecule has 144 valence electrons. The Labute approximate surface area is 161 Å². The van der Waals surface area contributed by atoms with Crippen LogP contribution in [-0.2, 0) is 11.3 Å². The van der Waals surface area contributed by atoms with Crippen molar-refractivity contribution in [3.63, 3.8) is 0 Å². The number of benzene rings is 2. The number of nitrogens with one attached hydrogen (secondary N) is 4. The molecule has 28 heavy (non-hydrogen) atoms. The number of carbonyl (C=O) groups excluding carboxylic acids is 1. The Morgan fingerprint density at radius 1 is 1.18 bits per heavy atom. The number of para-hydroxylation sites is 1. The molecular weight excluding hydrogens is 356 g/mol. The second kappa shape index (κ2) is 7.79. The molecule has 1 aliphatic heterocycles. The fourth-order valence-electron chi connectivity index (χ4n) is 3.48. The Balaban J connectivity index is 1.54. The van der Waals surface area contributed by atoms with E-state index < -0.39 is 0 Å². The molecule has 0 aliphatic carbocycles. The van der Waals surface area contributed by atoms with Crippen molar-refractivity contribution in [3.8, 4) is 0 Å². The van der Waals surface area contributed by atoms with Gasteiger partial charge < -0.3 is 0 Å². The number of hydrogen-bond donors (Lipinski definition) is 4. The van der Waals surface area contributed by atoms with Crippen molar-refractivity contribution in [3.05, 3.63) is 70.5 Å². The van der Waals surface area contributed by atoms with Crippen LogP contribution >= 0.6 is 0 Å². The quantitative estimate of drug-likeness (QED) is 0.500. The Morgan fingerprint density at radius 2 is 1.93 bits per heavy atom. The van der Waals surface area contributed by atoms with Crippen molar-refractivity contribution in [2.45, 2.75) is 19.5 Å². The number of amides is 1. The Bertz CT molecular complexity index is 1050. The van der Waals surface area contributed by atoms with Gasteiger partial charge in [-0.2, -0.15) is 0 Å². The van der Waals surface area contributed by atoms with Crippen LogP contribution in [0, 0.1) is 5.92 Å². The Hall–Kier alpha value is -3.23. The average Bonchev–Trinajstić information content (AvgIpc) is 3.23. The van der Waals surface area contributed by atoms with Gasteiger partial charge in [-0.05, 0) is 24.6 Å². The standard InChI is InChI=1S/C20H22N6O2/c1-2-26-19(28)14-10-6-7-11-16(14)22-20(26)25-24-18(27)15-12-21-23-17(15)13-8-4-3-5-9-13/h3-11,15,17,21,23H,2,12H2,1H3,(H,22,25)(H,24,27). The predicted molar refractivity (Wildman–Crippen MR) is 107 cm³/mol. The number of carbonyl (C=O) groups is 1. The zero-order chi connectivity index (χ0) is 19.5. The van der Waals surface area contributed by atoms with Gasteiger partial charge in [0, 0.05) is 13.1 Å². The van der Waals surface area contributed by atoms with Gasteiger partial charge in [0.2, 0.25) is 11.9 Å². The van der Waals surface area contributed by atoms with Crippen molar-refractivity contribution in [2.24, 2.45) is 5.92 Å². The third kappa shape index (κ3) is 3.35. The normalized spacial score (nSPS) is 18.9. The molecule has 1 fully saturated rings. The lowest BCUT2D eigenvalue weighted by atomic mass is 9.94. The van der Waals surface area contributed by atoms with Crippen LogP contribution in [0.15, 0.2) is 59.4 Å². The summed E-state index contributed by atoms with van der Waals surface area (Å²) < 4.78 is 1.50. The van der Waals surface area contributed by atoms with E-state index in [1.807, 2.05) is 49.4 Å². The van der Waals surface area contributed by atoms with Crippen molar-refractivity contribution in [1.82, 2.24) is 25.8 Å². The molecule has 1 amide bonds. The van der Waals surface area contributed by atoms with Crippen molar-refractivity contribution < 1.29 is 4.79 Å². The first kappa shape index (κ1) is 18.1. The highest BCUT2D eigenvalue weighted by Crippen LogP contribution is 2.24. The van der Waals surface area contributed by atoms with E-state index in [1.165, 1.54) is 4.57 Å². The van der Waals surface area contributed by atoms with Crippen molar-refractivity contribution in [2.75, 3.05) is 12.0 Å². The van der Waals surface area contributed by atoms with Gasteiger partial charge in [0.1, 0.15) is 0 Å². The van der Waals surface area contributed by atoms with Crippen LogP contribution in [-0.4, -0.2) is 22.0 Å². The maximum Gasteiger partial charge on any atom is 0.262 e. The monoisotopic (exact) mass is 378 g/mol. The topological polar surface area (TPSA) is 100 Å². The SMILES string of the molecule is CCn1c(NNC(=O)C2CNNC2c2ccccc2)nc2ccccc2c1=O. The molecule has 2 heterocycles. The molecule has 2 aromatic carbocycles. The van der Waals surface area contributed by atoms with Gasteiger partial charge >= 0.3 is 0 Å². The summed E-state index contributed by atoms with van der Waals surface area (Å²) in [4.78, 5) is 29.9. The highest BCUT2D eigenvalue weighted by atomic mass is 16.2. The van der Waals surface area contributed by atoms with E-state index >= 15 is 0 Å². The molecule has 1 aliphatic rings. The van der Waals surface area contributed by atoms with E-state index in [0.717, 1.165) is 5.56 Å². The number of fused-ring (bicyclic) bond motifs is 1. The minimum absolute atomic E-state index is 0.138. The fraction of sp³-hybridized carbons (Fsp3) is 0.250. The summed E-state index contributed by atoms with van der Waals surface area (Å²) in [6, 6.07) is 16.8. The Kier molecular flexibility index (Phi) is 5.05. The zero-order valence-corrected chi connectivity index (χ0v) is 15.5. The number of hydrogen-bond acceptors (Lipinski definition) is 6. The van der Waals surface area contributed by atoms with E-state index in [-0.39, 0.29) is 23.4 Å². The zero-order valence-electron chi connectivity index (χ0n) is 15.5. The fourth-order valence-corrected chi connectivity index (χ4v) is 3.48.